The Kier molecular flexibility index (Phi) is 2.38. The van der Waals surface area contributed by atoms with Gasteiger partial charge in [0, 0.05) is 16.9 Å². The maximum absolute atomic E-state index is 10.4. The van der Waals surface area contributed by atoms with Crippen LogP contribution in [-0.2, 0) is 4.79 Å². The smallest absolute Gasteiger partial charge is 0.235 e. The van der Waals surface area contributed by atoms with Gasteiger partial charge in [0.15, 0.2) is 0 Å². The lowest BCUT2D eigenvalue weighted by Crippen LogP contribution is -2.20. The van der Waals surface area contributed by atoms with Crippen LogP contribution in [0.1, 0.15) is 13.3 Å². The number of hydrogen-bond donors (Lipinski definition) is 0. The summed E-state index contributed by atoms with van der Waals surface area (Å²) in [7, 11) is 0. The highest BCUT2D eigenvalue weighted by Crippen LogP contribution is 2.18. The highest BCUT2D eigenvalue weighted by atomic mass is 16.6. The van der Waals surface area contributed by atoms with Crippen LogP contribution < -0.4 is 0 Å². The zero-order chi connectivity index (χ0) is 9.14. The molecule has 4 heteroatoms. The number of nitrogens with zero attached hydrogens (tertiary/aromatic N) is 1. The Morgan fingerprint density at radius 3 is 2.92 bits per heavy atom. The summed E-state index contributed by atoms with van der Waals surface area (Å²) in [6.45, 7) is 1.77. The van der Waals surface area contributed by atoms with Gasteiger partial charge in [-0.15, -0.1) is 0 Å². The average Bonchev–Trinajstić information content (AvgIpc) is 2.05. The van der Waals surface area contributed by atoms with Gasteiger partial charge in [0.2, 0.25) is 6.04 Å². The van der Waals surface area contributed by atoms with Gasteiger partial charge in [-0.2, -0.15) is 0 Å². The van der Waals surface area contributed by atoms with Crippen molar-refractivity contribution in [1.82, 2.24) is 0 Å². The van der Waals surface area contributed by atoms with Crippen molar-refractivity contribution < 1.29 is 9.72 Å². The Morgan fingerprint density at radius 2 is 2.42 bits per heavy atom. The molecule has 1 unspecified atom stereocenters. The molecule has 0 N–H and O–H groups in total. The molecule has 1 aliphatic carbocycles. The van der Waals surface area contributed by atoms with Crippen LogP contribution in [-0.4, -0.2) is 17.3 Å². The molecule has 0 aromatic carbocycles. The van der Waals surface area contributed by atoms with Gasteiger partial charge >= 0.3 is 0 Å². The third-order valence-electron chi connectivity index (χ3n) is 1.92. The molecule has 0 aromatic rings. The van der Waals surface area contributed by atoms with Crippen molar-refractivity contribution in [3.8, 4) is 0 Å². The topological polar surface area (TPSA) is 60.2 Å². The lowest BCUT2D eigenvalue weighted by atomic mass is 9.96. The molecule has 4 nitrogen and oxygen atoms in total. The van der Waals surface area contributed by atoms with Crippen molar-refractivity contribution in [2.45, 2.75) is 19.4 Å². The summed E-state index contributed by atoms with van der Waals surface area (Å²) in [5.74, 6) is 0. The molecular weight excluding hydrogens is 158 g/mol. The molecule has 1 atom stereocenters. The van der Waals surface area contributed by atoms with Gasteiger partial charge in [-0.3, -0.25) is 14.9 Å². The first-order valence-corrected chi connectivity index (χ1v) is 3.61. The van der Waals surface area contributed by atoms with Crippen LogP contribution in [0.3, 0.4) is 0 Å². The summed E-state index contributed by atoms with van der Waals surface area (Å²) < 4.78 is 0. The van der Waals surface area contributed by atoms with E-state index < -0.39 is 6.04 Å². The number of rotatable bonds is 2. The summed E-state index contributed by atoms with van der Waals surface area (Å²) in [6.07, 6.45) is 4.05. The summed E-state index contributed by atoms with van der Waals surface area (Å²) in [6, 6.07) is -0.728. The van der Waals surface area contributed by atoms with Gasteiger partial charge in [0.05, 0.1) is 0 Å². The Morgan fingerprint density at radius 1 is 1.75 bits per heavy atom. The van der Waals surface area contributed by atoms with Crippen molar-refractivity contribution in [2.75, 3.05) is 0 Å². The number of aldehydes is 1. The Balaban J connectivity index is 2.83. The maximum Gasteiger partial charge on any atom is 0.235 e. The van der Waals surface area contributed by atoms with Gasteiger partial charge in [0.1, 0.15) is 6.29 Å². The standard InChI is InChI=1S/C8H9NO3/c1-6-2-3-8(9(11)12)4-7(6)5-10/h2-3,5,8H,4H2,1H3. The van der Waals surface area contributed by atoms with Gasteiger partial charge in [-0.25, -0.2) is 0 Å². The molecule has 0 bridgehead atoms. The van der Waals surface area contributed by atoms with Gasteiger partial charge in [-0.05, 0) is 18.6 Å². The summed E-state index contributed by atoms with van der Waals surface area (Å²) in [5.41, 5.74) is 1.35. The molecular formula is C8H9NO3. The van der Waals surface area contributed by atoms with E-state index in [4.69, 9.17) is 0 Å². The molecule has 0 saturated heterocycles. The SMILES string of the molecule is CC1=C(C=O)CC([N+](=O)[O-])C=C1. The fourth-order valence-corrected chi connectivity index (χ4v) is 1.10. The molecule has 1 rings (SSSR count). The molecule has 64 valence electrons. The monoisotopic (exact) mass is 167 g/mol. The van der Waals surface area contributed by atoms with E-state index in [1.807, 2.05) is 0 Å². The van der Waals surface area contributed by atoms with Crippen LogP contribution >= 0.6 is 0 Å². The number of nitro groups is 1. The van der Waals surface area contributed by atoms with E-state index in [1.54, 1.807) is 13.0 Å². The third-order valence-corrected chi connectivity index (χ3v) is 1.92. The van der Waals surface area contributed by atoms with Crippen molar-refractivity contribution in [1.29, 1.82) is 0 Å². The normalized spacial score (nSPS) is 22.6. The molecule has 0 aliphatic heterocycles. The second-order valence-electron chi connectivity index (χ2n) is 2.74. The molecule has 0 spiro atoms. The minimum Gasteiger partial charge on any atom is -0.298 e. The van der Waals surface area contributed by atoms with Gasteiger partial charge in [0.25, 0.3) is 0 Å². The van der Waals surface area contributed by atoms with Crippen LogP contribution in [0.25, 0.3) is 0 Å². The van der Waals surface area contributed by atoms with E-state index in [1.165, 1.54) is 6.08 Å². The highest BCUT2D eigenvalue weighted by molar-refractivity contribution is 5.76. The fraction of sp³-hybridized carbons (Fsp3) is 0.375. The third kappa shape index (κ3) is 1.58. The number of hydrogen-bond acceptors (Lipinski definition) is 3. The predicted molar refractivity (Wildman–Crippen MR) is 43.3 cm³/mol. The molecule has 0 aromatic heterocycles. The second kappa shape index (κ2) is 3.30. The largest absolute Gasteiger partial charge is 0.298 e. The first-order chi connectivity index (χ1) is 5.65. The van der Waals surface area contributed by atoms with Crippen molar-refractivity contribution in [2.24, 2.45) is 0 Å². The van der Waals surface area contributed by atoms with E-state index >= 15 is 0 Å². The second-order valence-corrected chi connectivity index (χ2v) is 2.74. The van der Waals surface area contributed by atoms with Crippen LogP contribution in [0.5, 0.6) is 0 Å². The molecule has 0 fully saturated rings. The van der Waals surface area contributed by atoms with E-state index in [0.717, 1.165) is 5.57 Å². The highest BCUT2D eigenvalue weighted by Gasteiger charge is 2.22. The minimum atomic E-state index is -0.728. The van der Waals surface area contributed by atoms with Crippen LogP contribution in [0.2, 0.25) is 0 Å². The maximum atomic E-state index is 10.4. The minimum absolute atomic E-state index is 0.221. The number of carbonyl (C=O) groups excluding carboxylic acids is 1. The molecule has 0 radical (unpaired) electrons. The van der Waals surface area contributed by atoms with E-state index in [9.17, 15) is 14.9 Å². The first kappa shape index (κ1) is 8.64. The summed E-state index contributed by atoms with van der Waals surface area (Å²) >= 11 is 0. The van der Waals surface area contributed by atoms with Crippen molar-refractivity contribution in [3.63, 3.8) is 0 Å². The Bertz CT molecular complexity index is 278. The summed E-state index contributed by atoms with van der Waals surface area (Å²) in [5, 5.41) is 10.3. The number of allylic oxidation sites excluding steroid dienone is 2. The average molecular weight is 167 g/mol. The first-order valence-electron chi connectivity index (χ1n) is 3.61. The molecule has 0 saturated carbocycles. The molecule has 12 heavy (non-hydrogen) atoms. The molecule has 0 heterocycles. The fourth-order valence-electron chi connectivity index (χ4n) is 1.10. The molecule has 0 amide bonds. The van der Waals surface area contributed by atoms with Gasteiger partial charge < -0.3 is 0 Å². The lowest BCUT2D eigenvalue weighted by molar-refractivity contribution is -0.508. The summed E-state index contributed by atoms with van der Waals surface area (Å²) in [4.78, 5) is 20.4. The zero-order valence-electron chi connectivity index (χ0n) is 6.69. The van der Waals surface area contributed by atoms with Crippen LogP contribution in [0, 0.1) is 10.1 Å². The van der Waals surface area contributed by atoms with Crippen LogP contribution in [0.15, 0.2) is 23.3 Å². The van der Waals surface area contributed by atoms with Crippen LogP contribution in [0.4, 0.5) is 0 Å². The lowest BCUT2D eigenvalue weighted by Gasteiger charge is -2.10. The van der Waals surface area contributed by atoms with E-state index in [0.29, 0.717) is 11.9 Å². The molecule has 1 aliphatic rings. The Hall–Kier alpha value is -1.45. The van der Waals surface area contributed by atoms with Gasteiger partial charge in [-0.1, -0.05) is 6.08 Å². The quantitative estimate of drug-likeness (QED) is 0.351. The Labute approximate surface area is 69.7 Å². The van der Waals surface area contributed by atoms with E-state index in [-0.39, 0.29) is 11.3 Å². The zero-order valence-corrected chi connectivity index (χ0v) is 6.69. The van der Waals surface area contributed by atoms with E-state index in [2.05, 4.69) is 0 Å². The van der Waals surface area contributed by atoms with Crippen molar-refractivity contribution in [3.05, 3.63) is 33.4 Å². The number of carbonyl (C=O) groups is 1. The van der Waals surface area contributed by atoms with Crippen molar-refractivity contribution >= 4 is 6.29 Å². The predicted octanol–water partition coefficient (Wildman–Crippen LogP) is 1.11.